The molecule has 1 aliphatic rings. The molecule has 1 aliphatic heterocycles. The summed E-state index contributed by atoms with van der Waals surface area (Å²) in [4.78, 5) is 24.9. The Morgan fingerprint density at radius 3 is 2.55 bits per heavy atom. The second kappa shape index (κ2) is 6.74. The number of rotatable bonds is 3. The second-order valence-electron chi connectivity index (χ2n) is 4.91. The molecular weight excluding hydrogens is 322 g/mol. The summed E-state index contributed by atoms with van der Waals surface area (Å²) in [6.45, 7) is 1.64. The molecule has 1 aromatic carbocycles. The van der Waals surface area contributed by atoms with Crippen LogP contribution in [0.15, 0.2) is 28.7 Å². The van der Waals surface area contributed by atoms with Gasteiger partial charge in [0, 0.05) is 30.0 Å². The van der Waals surface area contributed by atoms with Crippen LogP contribution in [0.3, 0.4) is 0 Å². The van der Waals surface area contributed by atoms with E-state index in [2.05, 4.69) is 21.2 Å². The van der Waals surface area contributed by atoms with Gasteiger partial charge in [0.05, 0.1) is 0 Å². The summed E-state index contributed by atoms with van der Waals surface area (Å²) >= 11 is 3.45. The van der Waals surface area contributed by atoms with Gasteiger partial charge in [-0.1, -0.05) is 34.1 Å². The molecule has 3 N–H and O–H groups in total. The van der Waals surface area contributed by atoms with E-state index in [0.717, 1.165) is 10.0 Å². The number of hydrogen-bond acceptors (Lipinski definition) is 2. The van der Waals surface area contributed by atoms with Crippen LogP contribution in [0.25, 0.3) is 0 Å². The number of nitrogens with one attached hydrogen (secondary N) is 1. The van der Waals surface area contributed by atoms with Crippen molar-refractivity contribution in [3.63, 3.8) is 0 Å². The van der Waals surface area contributed by atoms with Crippen molar-refractivity contribution in [3.05, 3.63) is 34.3 Å². The van der Waals surface area contributed by atoms with E-state index in [1.165, 1.54) is 0 Å². The first kappa shape index (κ1) is 14.8. The van der Waals surface area contributed by atoms with E-state index in [-0.39, 0.29) is 17.9 Å². The molecule has 0 saturated carbocycles. The summed E-state index contributed by atoms with van der Waals surface area (Å²) in [5, 5.41) is 2.89. The zero-order valence-electron chi connectivity index (χ0n) is 11.1. The number of carbonyl (C=O) groups excluding carboxylic acids is 2. The monoisotopic (exact) mass is 339 g/mol. The summed E-state index contributed by atoms with van der Waals surface area (Å²) in [6.07, 6.45) is 1.30. The summed E-state index contributed by atoms with van der Waals surface area (Å²) < 4.78 is 0.979. The predicted molar refractivity (Wildman–Crippen MR) is 79.9 cm³/mol. The van der Waals surface area contributed by atoms with E-state index in [4.69, 9.17) is 5.73 Å². The Kier molecular flexibility index (Phi) is 5.00. The standard InChI is InChI=1S/C14H18BrN3O2/c15-12-4-2-1-3-11(12)9-17-14(20)18-7-5-10(6-8-18)13(16)19/h1-4,10H,5-9H2,(H2,16,19)(H,17,20). The van der Waals surface area contributed by atoms with Crippen LogP contribution in [0.5, 0.6) is 0 Å². The molecule has 1 aromatic rings. The molecule has 2 rings (SSSR count). The Labute approximate surface area is 126 Å². The lowest BCUT2D eigenvalue weighted by molar-refractivity contribution is -0.123. The maximum absolute atomic E-state index is 12.0. The van der Waals surface area contributed by atoms with Gasteiger partial charge in [-0.15, -0.1) is 0 Å². The number of primary amides is 1. The quantitative estimate of drug-likeness (QED) is 0.881. The number of amides is 3. The van der Waals surface area contributed by atoms with Gasteiger partial charge in [-0.05, 0) is 24.5 Å². The van der Waals surface area contributed by atoms with Crippen LogP contribution in [-0.4, -0.2) is 29.9 Å². The van der Waals surface area contributed by atoms with Crippen LogP contribution in [0.1, 0.15) is 18.4 Å². The molecule has 5 nitrogen and oxygen atoms in total. The molecule has 0 aliphatic carbocycles. The van der Waals surface area contributed by atoms with Gasteiger partial charge in [0.15, 0.2) is 0 Å². The molecule has 108 valence electrons. The lowest BCUT2D eigenvalue weighted by Crippen LogP contribution is -2.46. The third kappa shape index (κ3) is 3.72. The van der Waals surface area contributed by atoms with Crippen molar-refractivity contribution in [1.82, 2.24) is 10.2 Å². The molecule has 0 atom stereocenters. The summed E-state index contributed by atoms with van der Waals surface area (Å²) in [5.41, 5.74) is 6.31. The van der Waals surface area contributed by atoms with E-state index in [1.54, 1.807) is 4.90 Å². The smallest absolute Gasteiger partial charge is 0.317 e. The van der Waals surface area contributed by atoms with Gasteiger partial charge >= 0.3 is 6.03 Å². The van der Waals surface area contributed by atoms with Crippen molar-refractivity contribution in [1.29, 1.82) is 0 Å². The molecule has 1 fully saturated rings. The lowest BCUT2D eigenvalue weighted by Gasteiger charge is -2.30. The maximum atomic E-state index is 12.0. The first-order chi connectivity index (χ1) is 9.58. The van der Waals surface area contributed by atoms with Gasteiger partial charge < -0.3 is 16.0 Å². The highest BCUT2D eigenvalue weighted by Gasteiger charge is 2.25. The van der Waals surface area contributed by atoms with E-state index < -0.39 is 0 Å². The van der Waals surface area contributed by atoms with E-state index in [0.29, 0.717) is 32.5 Å². The summed E-state index contributed by atoms with van der Waals surface area (Å²) in [7, 11) is 0. The Bertz CT molecular complexity index is 499. The fourth-order valence-electron chi connectivity index (χ4n) is 2.29. The molecule has 0 aromatic heterocycles. The van der Waals surface area contributed by atoms with E-state index in [1.807, 2.05) is 24.3 Å². The molecule has 0 unspecified atom stereocenters. The van der Waals surface area contributed by atoms with Crippen molar-refractivity contribution in [3.8, 4) is 0 Å². The van der Waals surface area contributed by atoms with E-state index >= 15 is 0 Å². The van der Waals surface area contributed by atoms with Gasteiger partial charge in [0.1, 0.15) is 0 Å². The topological polar surface area (TPSA) is 75.4 Å². The fraction of sp³-hybridized carbons (Fsp3) is 0.429. The average Bonchev–Trinajstić information content (AvgIpc) is 2.46. The van der Waals surface area contributed by atoms with Crippen molar-refractivity contribution < 1.29 is 9.59 Å². The van der Waals surface area contributed by atoms with Crippen LogP contribution in [0.2, 0.25) is 0 Å². The van der Waals surface area contributed by atoms with Gasteiger partial charge in [-0.25, -0.2) is 4.79 Å². The van der Waals surface area contributed by atoms with Gasteiger partial charge in [0.2, 0.25) is 5.91 Å². The highest BCUT2D eigenvalue weighted by atomic mass is 79.9. The number of halogens is 1. The third-order valence-electron chi connectivity index (χ3n) is 3.57. The number of likely N-dealkylation sites (tertiary alicyclic amines) is 1. The predicted octanol–water partition coefficient (Wildman–Crippen LogP) is 1.86. The Balaban J connectivity index is 1.82. The molecule has 1 heterocycles. The first-order valence-corrected chi connectivity index (χ1v) is 7.42. The van der Waals surface area contributed by atoms with Crippen LogP contribution in [0.4, 0.5) is 4.79 Å². The zero-order valence-corrected chi connectivity index (χ0v) is 12.7. The molecule has 3 amide bonds. The van der Waals surface area contributed by atoms with Gasteiger partial charge in [-0.3, -0.25) is 4.79 Å². The highest BCUT2D eigenvalue weighted by Crippen LogP contribution is 2.18. The van der Waals surface area contributed by atoms with Crippen LogP contribution >= 0.6 is 15.9 Å². The molecule has 1 saturated heterocycles. The Hall–Kier alpha value is -1.56. The minimum Gasteiger partial charge on any atom is -0.369 e. The van der Waals surface area contributed by atoms with Crippen LogP contribution in [-0.2, 0) is 11.3 Å². The first-order valence-electron chi connectivity index (χ1n) is 6.63. The number of benzene rings is 1. The number of carbonyl (C=O) groups is 2. The zero-order chi connectivity index (χ0) is 14.5. The number of nitrogens with two attached hydrogens (primary N) is 1. The Morgan fingerprint density at radius 1 is 1.30 bits per heavy atom. The SMILES string of the molecule is NC(=O)C1CCN(C(=O)NCc2ccccc2Br)CC1. The van der Waals surface area contributed by atoms with Crippen molar-refractivity contribution in [2.75, 3.05) is 13.1 Å². The third-order valence-corrected chi connectivity index (χ3v) is 4.35. The molecule has 0 radical (unpaired) electrons. The van der Waals surface area contributed by atoms with Crippen molar-refractivity contribution >= 4 is 27.9 Å². The van der Waals surface area contributed by atoms with Crippen molar-refractivity contribution in [2.45, 2.75) is 19.4 Å². The minimum atomic E-state index is -0.265. The average molecular weight is 340 g/mol. The van der Waals surface area contributed by atoms with Crippen LogP contribution in [0, 0.1) is 5.92 Å². The second-order valence-corrected chi connectivity index (χ2v) is 5.77. The molecular formula is C14H18BrN3O2. The molecule has 0 bridgehead atoms. The molecule has 0 spiro atoms. The number of hydrogen-bond donors (Lipinski definition) is 2. The number of piperidine rings is 1. The highest BCUT2D eigenvalue weighted by molar-refractivity contribution is 9.10. The Morgan fingerprint density at radius 2 is 1.95 bits per heavy atom. The summed E-state index contributed by atoms with van der Waals surface area (Å²) in [6, 6.07) is 7.68. The maximum Gasteiger partial charge on any atom is 0.317 e. The molecule has 20 heavy (non-hydrogen) atoms. The lowest BCUT2D eigenvalue weighted by atomic mass is 9.96. The van der Waals surface area contributed by atoms with E-state index in [9.17, 15) is 9.59 Å². The molecule has 6 heteroatoms. The summed E-state index contributed by atoms with van der Waals surface area (Å²) in [5.74, 6) is -0.361. The number of nitrogens with zero attached hydrogens (tertiary/aromatic N) is 1. The van der Waals surface area contributed by atoms with Gasteiger partial charge in [0.25, 0.3) is 0 Å². The van der Waals surface area contributed by atoms with Crippen LogP contribution < -0.4 is 11.1 Å². The van der Waals surface area contributed by atoms with Crippen molar-refractivity contribution in [2.24, 2.45) is 11.7 Å². The fourth-order valence-corrected chi connectivity index (χ4v) is 2.72. The largest absolute Gasteiger partial charge is 0.369 e. The van der Waals surface area contributed by atoms with Gasteiger partial charge in [-0.2, -0.15) is 0 Å². The number of urea groups is 1. The normalized spacial score (nSPS) is 15.9. The minimum absolute atomic E-state index is 0.0938.